The summed E-state index contributed by atoms with van der Waals surface area (Å²) in [7, 11) is 0. The zero-order valence-electron chi connectivity index (χ0n) is 33.0. The molecule has 60 heavy (non-hydrogen) atoms. The minimum Gasteiger partial charge on any atom is -0.493 e. The van der Waals surface area contributed by atoms with Crippen molar-refractivity contribution in [1.82, 2.24) is 0 Å². The summed E-state index contributed by atoms with van der Waals surface area (Å²) in [6, 6.07) is 70.5. The number of furan rings is 1. The van der Waals surface area contributed by atoms with Crippen molar-refractivity contribution >= 4 is 61.1 Å². The summed E-state index contributed by atoms with van der Waals surface area (Å²) < 4.78 is 12.1. The Labute approximate surface area is 349 Å². The molecule has 4 heteroatoms. The van der Waals surface area contributed by atoms with Crippen LogP contribution in [0.15, 0.2) is 199 Å². The fourth-order valence-electron chi connectivity index (χ4n) is 9.46. The van der Waals surface area contributed by atoms with Gasteiger partial charge in [-0.15, -0.1) is 0 Å². The molecule has 4 nitrogen and oxygen atoms in total. The lowest BCUT2D eigenvalue weighted by Crippen LogP contribution is -2.12. The van der Waals surface area contributed by atoms with Crippen LogP contribution in [-0.4, -0.2) is 13.2 Å². The van der Waals surface area contributed by atoms with E-state index in [4.69, 9.17) is 9.15 Å². The number of anilines is 5. The Morgan fingerprint density at radius 3 is 1.87 bits per heavy atom. The van der Waals surface area contributed by atoms with Crippen LogP contribution >= 0.6 is 0 Å². The normalized spacial score (nSPS) is 13.2. The molecule has 0 unspecified atom stereocenters. The molecule has 0 aliphatic carbocycles. The van der Waals surface area contributed by atoms with Gasteiger partial charge in [-0.25, -0.2) is 0 Å². The number of hydrogen-bond donors (Lipinski definition) is 0. The van der Waals surface area contributed by atoms with Gasteiger partial charge in [-0.3, -0.25) is 0 Å². The number of rotatable bonds is 7. The third-order valence-electron chi connectivity index (χ3n) is 12.5. The van der Waals surface area contributed by atoms with E-state index in [0.29, 0.717) is 0 Å². The summed E-state index contributed by atoms with van der Waals surface area (Å²) in [5.41, 5.74) is 17.4. The fraction of sp³-hybridized carbons (Fsp3) is 0.0714. The van der Waals surface area contributed by atoms with Crippen LogP contribution in [0.2, 0.25) is 0 Å². The summed E-state index contributed by atoms with van der Waals surface area (Å²) in [5, 5.41) is 4.68. The molecule has 0 N–H and O–H groups in total. The van der Waals surface area contributed by atoms with Gasteiger partial charge in [0.2, 0.25) is 0 Å². The standard InChI is InChI=1S/C56H40N2O2/c1-5-11-52-40(7-1)31-33-57(52)44-21-13-37(14-22-44)38-15-23-45(24-16-38)58(46-25-17-39(18-26-46)41-19-27-51-50-10-4-6-12-55(50)60-56(51)36-41)53-29-28-47(48-8-2-3-9-49(48)53)42-20-30-54-43(35-42)32-34-59-54/h1-30,35-36H,31-34H2. The lowest BCUT2D eigenvalue weighted by Gasteiger charge is -2.28. The summed E-state index contributed by atoms with van der Waals surface area (Å²) >= 11 is 0. The van der Waals surface area contributed by atoms with Gasteiger partial charge in [-0.2, -0.15) is 0 Å². The molecule has 9 aromatic carbocycles. The van der Waals surface area contributed by atoms with E-state index < -0.39 is 0 Å². The molecule has 0 saturated heterocycles. The molecule has 2 aliphatic heterocycles. The maximum Gasteiger partial charge on any atom is 0.136 e. The van der Waals surface area contributed by atoms with Gasteiger partial charge in [-0.05, 0) is 135 Å². The monoisotopic (exact) mass is 772 g/mol. The van der Waals surface area contributed by atoms with E-state index in [2.05, 4.69) is 192 Å². The Balaban J connectivity index is 0.928. The molecule has 12 rings (SSSR count). The average molecular weight is 773 g/mol. The Morgan fingerprint density at radius 2 is 1.07 bits per heavy atom. The highest BCUT2D eigenvalue weighted by Gasteiger charge is 2.21. The van der Waals surface area contributed by atoms with Gasteiger partial charge in [0.15, 0.2) is 0 Å². The van der Waals surface area contributed by atoms with Crippen LogP contribution in [0, 0.1) is 0 Å². The quantitative estimate of drug-likeness (QED) is 0.161. The molecule has 0 bridgehead atoms. The van der Waals surface area contributed by atoms with E-state index in [1.165, 1.54) is 55.5 Å². The third kappa shape index (κ3) is 5.83. The number of para-hydroxylation sites is 2. The Morgan fingerprint density at radius 1 is 0.433 bits per heavy atom. The fourth-order valence-corrected chi connectivity index (χ4v) is 9.46. The second-order valence-electron chi connectivity index (χ2n) is 15.9. The van der Waals surface area contributed by atoms with Crippen molar-refractivity contribution in [3.63, 3.8) is 0 Å². The van der Waals surface area contributed by atoms with Crippen LogP contribution in [0.4, 0.5) is 28.4 Å². The number of nitrogens with zero attached hydrogens (tertiary/aromatic N) is 2. The molecule has 0 spiro atoms. The number of fused-ring (bicyclic) bond motifs is 6. The van der Waals surface area contributed by atoms with Crippen molar-refractivity contribution in [2.24, 2.45) is 0 Å². The van der Waals surface area contributed by atoms with E-state index >= 15 is 0 Å². The molecule has 0 saturated carbocycles. The first kappa shape index (κ1) is 34.5. The van der Waals surface area contributed by atoms with Crippen LogP contribution in [0.5, 0.6) is 5.75 Å². The van der Waals surface area contributed by atoms with Crippen molar-refractivity contribution < 1.29 is 9.15 Å². The Bertz CT molecular complexity index is 3240. The highest BCUT2D eigenvalue weighted by molar-refractivity contribution is 6.07. The first-order valence-electron chi connectivity index (χ1n) is 20.9. The van der Waals surface area contributed by atoms with Crippen LogP contribution in [0.25, 0.3) is 66.1 Å². The van der Waals surface area contributed by atoms with Crippen LogP contribution in [-0.2, 0) is 12.8 Å². The predicted octanol–water partition coefficient (Wildman–Crippen LogP) is 14.8. The molecule has 1 aromatic heterocycles. The molecule has 10 aromatic rings. The third-order valence-corrected chi connectivity index (χ3v) is 12.5. The van der Waals surface area contributed by atoms with Gasteiger partial charge in [0.05, 0.1) is 12.3 Å². The first-order valence-corrected chi connectivity index (χ1v) is 20.9. The van der Waals surface area contributed by atoms with Crippen LogP contribution in [0.3, 0.4) is 0 Å². The zero-order chi connectivity index (χ0) is 39.6. The number of ether oxygens (including phenoxy) is 1. The van der Waals surface area contributed by atoms with Gasteiger partial charge in [-0.1, -0.05) is 115 Å². The number of hydrogen-bond acceptors (Lipinski definition) is 4. The molecule has 0 amide bonds. The maximum atomic E-state index is 6.26. The highest BCUT2D eigenvalue weighted by atomic mass is 16.5. The Kier molecular flexibility index (Phi) is 8.09. The Hall–Kier alpha value is -7.56. The summed E-state index contributed by atoms with van der Waals surface area (Å²) in [5.74, 6) is 1.00. The first-order chi connectivity index (χ1) is 29.7. The molecule has 0 atom stereocenters. The van der Waals surface area contributed by atoms with E-state index in [0.717, 1.165) is 81.9 Å². The lowest BCUT2D eigenvalue weighted by atomic mass is 9.94. The molecule has 286 valence electrons. The van der Waals surface area contributed by atoms with Crippen molar-refractivity contribution in [3.05, 3.63) is 205 Å². The number of benzene rings is 9. The van der Waals surface area contributed by atoms with Crippen molar-refractivity contribution in [1.29, 1.82) is 0 Å². The maximum absolute atomic E-state index is 6.26. The molecule has 2 aliphatic rings. The topological polar surface area (TPSA) is 28.9 Å². The van der Waals surface area contributed by atoms with Gasteiger partial charge in [0.25, 0.3) is 0 Å². The van der Waals surface area contributed by atoms with Gasteiger partial charge in [0, 0.05) is 51.9 Å². The SMILES string of the molecule is c1ccc2c(c1)CCN2c1ccc(-c2ccc(N(c3ccc(-c4ccc5c(c4)oc4ccccc45)cc3)c3ccc(-c4ccc5c(c4)CCO5)c4ccccc34)cc2)cc1. The van der Waals surface area contributed by atoms with Crippen LogP contribution in [0.1, 0.15) is 11.1 Å². The summed E-state index contributed by atoms with van der Waals surface area (Å²) in [4.78, 5) is 4.82. The largest absolute Gasteiger partial charge is 0.493 e. The van der Waals surface area contributed by atoms with Crippen molar-refractivity contribution in [3.8, 4) is 39.1 Å². The minimum absolute atomic E-state index is 0.748. The second kappa shape index (κ2) is 14.1. The van der Waals surface area contributed by atoms with Gasteiger partial charge >= 0.3 is 0 Å². The zero-order valence-corrected chi connectivity index (χ0v) is 33.0. The highest BCUT2D eigenvalue weighted by Crippen LogP contribution is 2.44. The molecular formula is C56H40N2O2. The molecular weight excluding hydrogens is 733 g/mol. The smallest absolute Gasteiger partial charge is 0.136 e. The van der Waals surface area contributed by atoms with Crippen molar-refractivity contribution in [2.75, 3.05) is 23.0 Å². The van der Waals surface area contributed by atoms with E-state index in [1.54, 1.807) is 0 Å². The second-order valence-corrected chi connectivity index (χ2v) is 15.9. The molecule has 3 heterocycles. The van der Waals surface area contributed by atoms with E-state index in [9.17, 15) is 0 Å². The molecule has 0 radical (unpaired) electrons. The molecule has 0 fully saturated rings. The summed E-state index contributed by atoms with van der Waals surface area (Å²) in [6.07, 6.45) is 2.03. The van der Waals surface area contributed by atoms with Crippen LogP contribution < -0.4 is 14.5 Å². The lowest BCUT2D eigenvalue weighted by molar-refractivity contribution is 0.357. The summed E-state index contributed by atoms with van der Waals surface area (Å²) in [6.45, 7) is 1.76. The average Bonchev–Trinajstić information content (AvgIpc) is 4.07. The van der Waals surface area contributed by atoms with E-state index in [1.807, 2.05) is 12.1 Å². The van der Waals surface area contributed by atoms with Gasteiger partial charge in [0.1, 0.15) is 16.9 Å². The predicted molar refractivity (Wildman–Crippen MR) is 249 cm³/mol. The van der Waals surface area contributed by atoms with Gasteiger partial charge < -0.3 is 19.0 Å². The minimum atomic E-state index is 0.748. The van der Waals surface area contributed by atoms with E-state index in [-0.39, 0.29) is 0 Å². The van der Waals surface area contributed by atoms with Crippen molar-refractivity contribution in [2.45, 2.75) is 12.8 Å².